The number of fused-ring (bicyclic) bond motifs is 1. The number of aryl methyl sites for hydroxylation is 1. The molecule has 180 valence electrons. The van der Waals surface area contributed by atoms with E-state index in [0.29, 0.717) is 34.8 Å². The lowest BCUT2D eigenvalue weighted by Gasteiger charge is -2.31. The van der Waals surface area contributed by atoms with Crippen molar-refractivity contribution < 1.29 is 9.59 Å². The minimum absolute atomic E-state index is 0.0160. The van der Waals surface area contributed by atoms with Crippen LogP contribution in [0.25, 0.3) is 16.7 Å². The molecule has 1 aliphatic carbocycles. The minimum atomic E-state index is -0.417. The van der Waals surface area contributed by atoms with Crippen LogP contribution in [-0.2, 0) is 11.3 Å². The maximum atomic E-state index is 13.2. The fraction of sp³-hybridized carbons (Fsp3) is 0.333. The molecule has 2 aromatic carbocycles. The van der Waals surface area contributed by atoms with Gasteiger partial charge in [0, 0.05) is 37.3 Å². The number of hydrogen-bond donors (Lipinski definition) is 2. The molecule has 8 nitrogen and oxygen atoms in total. The molecule has 0 aliphatic heterocycles. The predicted molar refractivity (Wildman–Crippen MR) is 136 cm³/mol. The molecule has 1 saturated carbocycles. The van der Waals surface area contributed by atoms with E-state index in [4.69, 9.17) is 10.7 Å². The molecular weight excluding hydrogens is 440 g/mol. The molecule has 4 rings (SSSR count). The second kappa shape index (κ2) is 10.4. The maximum absolute atomic E-state index is 13.2. The molecule has 1 aliphatic rings. The number of amides is 2. The van der Waals surface area contributed by atoms with Crippen molar-refractivity contribution in [1.82, 2.24) is 14.5 Å². The number of primary amides is 1. The van der Waals surface area contributed by atoms with Gasteiger partial charge in [-0.15, -0.1) is 0 Å². The van der Waals surface area contributed by atoms with Gasteiger partial charge in [-0.2, -0.15) is 5.26 Å². The zero-order chi connectivity index (χ0) is 24.9. The van der Waals surface area contributed by atoms with Crippen LogP contribution in [0.4, 0.5) is 5.95 Å². The highest BCUT2D eigenvalue weighted by atomic mass is 16.2. The highest BCUT2D eigenvalue weighted by Crippen LogP contribution is 2.27. The summed E-state index contributed by atoms with van der Waals surface area (Å²) in [4.78, 5) is 31.3. The van der Waals surface area contributed by atoms with Gasteiger partial charge in [0.05, 0.1) is 22.7 Å². The number of nitrogens with zero attached hydrogens (tertiary/aromatic N) is 4. The molecule has 2 amide bonds. The molecule has 0 atom stereocenters. The Bertz CT molecular complexity index is 1310. The van der Waals surface area contributed by atoms with Crippen molar-refractivity contribution >= 4 is 34.5 Å². The summed E-state index contributed by atoms with van der Waals surface area (Å²) in [7, 11) is 1.88. The van der Waals surface area contributed by atoms with Crippen LogP contribution >= 0.6 is 0 Å². The number of nitriles is 1. The van der Waals surface area contributed by atoms with Crippen molar-refractivity contribution in [3.05, 3.63) is 65.7 Å². The Hall–Kier alpha value is -4.12. The Morgan fingerprint density at radius 1 is 1.20 bits per heavy atom. The summed E-state index contributed by atoms with van der Waals surface area (Å²) >= 11 is 0. The molecule has 0 spiro atoms. The van der Waals surface area contributed by atoms with Crippen molar-refractivity contribution in [1.29, 1.82) is 5.26 Å². The lowest BCUT2D eigenvalue weighted by Crippen LogP contribution is -2.38. The number of aromatic nitrogens is 2. The molecule has 0 bridgehead atoms. The van der Waals surface area contributed by atoms with Gasteiger partial charge in [0.15, 0.2) is 0 Å². The topological polar surface area (TPSA) is 117 Å². The van der Waals surface area contributed by atoms with Crippen LogP contribution in [0.2, 0.25) is 0 Å². The monoisotopic (exact) mass is 470 g/mol. The Morgan fingerprint density at radius 3 is 2.69 bits per heavy atom. The number of hydrogen-bond acceptors (Lipinski definition) is 5. The fourth-order valence-electron chi connectivity index (χ4n) is 4.63. The van der Waals surface area contributed by atoms with Gasteiger partial charge in [-0.3, -0.25) is 9.59 Å². The number of carbonyl (C=O) groups excluding carboxylic acids is 2. The maximum Gasteiger partial charge on any atom is 0.253 e. The zero-order valence-corrected chi connectivity index (χ0v) is 20.0. The van der Waals surface area contributed by atoms with Crippen molar-refractivity contribution in [2.24, 2.45) is 5.73 Å². The number of carbonyl (C=O) groups is 2. The van der Waals surface area contributed by atoms with Gasteiger partial charge in [-0.05, 0) is 48.7 Å². The van der Waals surface area contributed by atoms with E-state index in [1.165, 1.54) is 6.42 Å². The van der Waals surface area contributed by atoms with E-state index in [2.05, 4.69) is 18.0 Å². The summed E-state index contributed by atoms with van der Waals surface area (Å²) < 4.78 is 1.86. The molecule has 1 aromatic heterocycles. The molecule has 0 unspecified atom stereocenters. The number of rotatable bonds is 8. The molecule has 3 aromatic rings. The van der Waals surface area contributed by atoms with Gasteiger partial charge in [0.2, 0.25) is 11.9 Å². The molecular formula is C27H30N6O2. The van der Waals surface area contributed by atoms with Gasteiger partial charge in [0.25, 0.3) is 5.91 Å². The van der Waals surface area contributed by atoms with Gasteiger partial charge in [-0.25, -0.2) is 4.98 Å². The SMILES string of the molecule is C=C(Nc1nc2cc(C(=O)N(C)C3CCCCC3)ccc2n1CCC(N)=O)c1cccc(C#N)c1. The van der Waals surface area contributed by atoms with Crippen LogP contribution in [0.1, 0.15) is 60.0 Å². The van der Waals surface area contributed by atoms with Crippen LogP contribution < -0.4 is 11.1 Å². The first-order chi connectivity index (χ1) is 16.9. The van der Waals surface area contributed by atoms with Crippen LogP contribution in [0.5, 0.6) is 0 Å². The first-order valence-corrected chi connectivity index (χ1v) is 11.9. The van der Waals surface area contributed by atoms with Gasteiger partial charge in [-0.1, -0.05) is 38.0 Å². The van der Waals surface area contributed by atoms with E-state index in [1.54, 1.807) is 30.3 Å². The van der Waals surface area contributed by atoms with E-state index in [9.17, 15) is 14.9 Å². The molecule has 1 heterocycles. The first-order valence-electron chi connectivity index (χ1n) is 11.9. The number of benzene rings is 2. The summed E-state index contributed by atoms with van der Waals surface area (Å²) in [5.74, 6) is 0.0517. The quantitative estimate of drug-likeness (QED) is 0.510. The first kappa shape index (κ1) is 24.0. The molecule has 1 fully saturated rings. The normalized spacial score (nSPS) is 13.8. The van der Waals surface area contributed by atoms with Crippen molar-refractivity contribution in [3.63, 3.8) is 0 Å². The lowest BCUT2D eigenvalue weighted by atomic mass is 9.94. The van der Waals surface area contributed by atoms with Crippen LogP contribution in [0.15, 0.2) is 49.0 Å². The van der Waals surface area contributed by atoms with Crippen LogP contribution in [-0.4, -0.2) is 39.4 Å². The number of nitrogens with two attached hydrogens (primary N) is 1. The summed E-state index contributed by atoms with van der Waals surface area (Å²) in [5.41, 5.74) is 9.24. The second-order valence-corrected chi connectivity index (χ2v) is 9.01. The highest BCUT2D eigenvalue weighted by molar-refractivity contribution is 5.98. The third kappa shape index (κ3) is 5.35. The molecule has 0 radical (unpaired) electrons. The van der Waals surface area contributed by atoms with E-state index < -0.39 is 5.91 Å². The third-order valence-electron chi connectivity index (χ3n) is 6.62. The second-order valence-electron chi connectivity index (χ2n) is 9.01. The van der Waals surface area contributed by atoms with E-state index >= 15 is 0 Å². The van der Waals surface area contributed by atoms with E-state index in [0.717, 1.165) is 36.8 Å². The molecule has 35 heavy (non-hydrogen) atoms. The smallest absolute Gasteiger partial charge is 0.253 e. The Balaban J connectivity index is 1.64. The molecule has 3 N–H and O–H groups in total. The van der Waals surface area contributed by atoms with Crippen molar-refractivity contribution in [2.45, 2.75) is 51.1 Å². The van der Waals surface area contributed by atoms with E-state index in [1.807, 2.05) is 28.6 Å². The average Bonchev–Trinajstić information content (AvgIpc) is 3.22. The van der Waals surface area contributed by atoms with Crippen LogP contribution in [0.3, 0.4) is 0 Å². The highest BCUT2D eigenvalue weighted by Gasteiger charge is 2.24. The van der Waals surface area contributed by atoms with Crippen LogP contribution in [0, 0.1) is 11.3 Å². The van der Waals surface area contributed by atoms with Gasteiger partial charge < -0.3 is 20.5 Å². The Kier molecular flexibility index (Phi) is 7.16. The number of anilines is 1. The number of imidazole rings is 1. The van der Waals surface area contributed by atoms with Gasteiger partial charge in [0.1, 0.15) is 0 Å². The predicted octanol–water partition coefficient (Wildman–Crippen LogP) is 4.27. The van der Waals surface area contributed by atoms with Crippen molar-refractivity contribution in [3.8, 4) is 6.07 Å². The summed E-state index contributed by atoms with van der Waals surface area (Å²) in [6, 6.07) is 15.0. The minimum Gasteiger partial charge on any atom is -0.370 e. The Labute approximate surface area is 205 Å². The largest absolute Gasteiger partial charge is 0.370 e. The Morgan fingerprint density at radius 2 is 1.97 bits per heavy atom. The summed E-state index contributed by atoms with van der Waals surface area (Å²) in [6.07, 6.45) is 5.76. The lowest BCUT2D eigenvalue weighted by molar-refractivity contribution is -0.118. The van der Waals surface area contributed by atoms with Gasteiger partial charge >= 0.3 is 0 Å². The third-order valence-corrected chi connectivity index (χ3v) is 6.62. The zero-order valence-electron chi connectivity index (χ0n) is 20.0. The standard InChI is InChI=1S/C27H30N6O2/c1-18(20-8-6-7-19(15-20)17-28)30-27-31-23-16-21(11-12-24(23)33(27)14-13-25(29)34)26(35)32(2)22-9-4-3-5-10-22/h6-8,11-12,15-16,22H,1,3-5,9-10,13-14H2,2H3,(H2,29,34)(H,30,31). The molecule has 8 heteroatoms. The van der Waals surface area contributed by atoms with E-state index in [-0.39, 0.29) is 18.4 Å². The molecule has 0 saturated heterocycles. The van der Waals surface area contributed by atoms with Crippen molar-refractivity contribution in [2.75, 3.05) is 12.4 Å². The summed E-state index contributed by atoms with van der Waals surface area (Å²) in [6.45, 7) is 4.42. The fourth-order valence-corrected chi connectivity index (χ4v) is 4.63. The average molecular weight is 471 g/mol. The summed E-state index contributed by atoms with van der Waals surface area (Å²) in [5, 5.41) is 12.4. The number of nitrogens with one attached hydrogen (secondary N) is 1.